The van der Waals surface area contributed by atoms with E-state index in [9.17, 15) is 18.7 Å². The van der Waals surface area contributed by atoms with E-state index in [1.165, 1.54) is 30.7 Å². The van der Waals surface area contributed by atoms with Gasteiger partial charge in [0.15, 0.2) is 5.82 Å². The maximum absolute atomic E-state index is 14.9. The molecule has 8 nitrogen and oxygen atoms in total. The van der Waals surface area contributed by atoms with E-state index in [4.69, 9.17) is 25.5 Å². The summed E-state index contributed by atoms with van der Waals surface area (Å²) in [5.41, 5.74) is 0.0681. The average molecular weight is 615 g/mol. The SMILES string of the molecule is C#Cc1c(F)ccc2cc(O)cc(-c3oc(=O)c4c(N5CCCCCCC5)nc(OC[C@@]56CCCN5C[C@H](F)C6)nc4c3C)c12. The molecule has 0 unspecified atom stereocenters. The van der Waals surface area contributed by atoms with Crippen molar-refractivity contribution in [2.24, 2.45) is 0 Å². The molecule has 3 fully saturated rings. The number of alkyl halides is 1. The first-order valence-electron chi connectivity index (χ1n) is 15.8. The van der Waals surface area contributed by atoms with Crippen LogP contribution in [0.15, 0.2) is 33.5 Å². The van der Waals surface area contributed by atoms with Crippen LogP contribution in [-0.2, 0) is 0 Å². The van der Waals surface area contributed by atoms with Crippen molar-refractivity contribution in [3.63, 3.8) is 0 Å². The fourth-order valence-electron chi connectivity index (χ4n) is 7.62. The number of ether oxygens (including phenoxy) is 1. The number of anilines is 1. The number of hydrogen-bond donors (Lipinski definition) is 1. The van der Waals surface area contributed by atoms with E-state index >= 15 is 0 Å². The summed E-state index contributed by atoms with van der Waals surface area (Å²) in [5, 5.41) is 11.7. The molecule has 4 aromatic rings. The van der Waals surface area contributed by atoms with Gasteiger partial charge >= 0.3 is 11.6 Å². The first-order chi connectivity index (χ1) is 21.8. The number of terminal acetylenes is 1. The molecular formula is C35H36F2N4O4. The van der Waals surface area contributed by atoms with Crippen molar-refractivity contribution in [1.82, 2.24) is 14.9 Å². The van der Waals surface area contributed by atoms with Gasteiger partial charge in [0.05, 0.1) is 16.6 Å². The summed E-state index contributed by atoms with van der Waals surface area (Å²) >= 11 is 0. The maximum Gasteiger partial charge on any atom is 0.349 e. The van der Waals surface area contributed by atoms with Crippen molar-refractivity contribution < 1.29 is 23.0 Å². The van der Waals surface area contributed by atoms with E-state index in [-0.39, 0.29) is 40.6 Å². The Kier molecular flexibility index (Phi) is 7.60. The van der Waals surface area contributed by atoms with Crippen molar-refractivity contribution in [3.8, 4) is 35.4 Å². The molecule has 1 N–H and O–H groups in total. The minimum atomic E-state index is -0.896. The molecule has 3 aliphatic heterocycles. The van der Waals surface area contributed by atoms with E-state index in [0.717, 1.165) is 58.2 Å². The lowest BCUT2D eigenvalue weighted by molar-refractivity contribution is 0.107. The van der Waals surface area contributed by atoms with Gasteiger partial charge in [-0.15, -0.1) is 6.42 Å². The highest BCUT2D eigenvalue weighted by molar-refractivity contribution is 6.03. The fraction of sp³-hybridized carbons (Fsp3) is 0.457. The lowest BCUT2D eigenvalue weighted by Gasteiger charge is -2.31. The van der Waals surface area contributed by atoms with E-state index in [0.29, 0.717) is 40.6 Å². The van der Waals surface area contributed by atoms with Gasteiger partial charge in [0.25, 0.3) is 0 Å². The highest BCUT2D eigenvalue weighted by Crippen LogP contribution is 2.42. The summed E-state index contributed by atoms with van der Waals surface area (Å²) in [5.74, 6) is 2.30. The third-order valence-corrected chi connectivity index (χ3v) is 9.79. The highest BCUT2D eigenvalue weighted by atomic mass is 19.1. The number of aryl methyl sites for hydroxylation is 1. The molecule has 0 radical (unpaired) electrons. The summed E-state index contributed by atoms with van der Waals surface area (Å²) in [7, 11) is 0. The Balaban J connectivity index is 1.41. The lowest BCUT2D eigenvalue weighted by Crippen LogP contribution is -2.43. The number of rotatable bonds is 5. The number of aromatic hydroxyl groups is 1. The van der Waals surface area contributed by atoms with Crippen LogP contribution in [0.25, 0.3) is 33.0 Å². The monoisotopic (exact) mass is 614 g/mol. The molecule has 2 aromatic heterocycles. The van der Waals surface area contributed by atoms with Gasteiger partial charge in [0.2, 0.25) is 0 Å². The summed E-state index contributed by atoms with van der Waals surface area (Å²) in [6.45, 7) is 4.69. The number of hydrogen-bond acceptors (Lipinski definition) is 8. The molecule has 234 valence electrons. The molecule has 45 heavy (non-hydrogen) atoms. The molecule has 3 aliphatic rings. The quantitative estimate of drug-likeness (QED) is 0.264. The number of phenols is 1. The van der Waals surface area contributed by atoms with E-state index < -0.39 is 23.2 Å². The van der Waals surface area contributed by atoms with Crippen LogP contribution in [0.3, 0.4) is 0 Å². The number of aromatic nitrogens is 2. The minimum absolute atomic E-state index is 0.000723. The summed E-state index contributed by atoms with van der Waals surface area (Å²) in [6, 6.07) is 5.78. The average Bonchev–Trinajstić information content (AvgIpc) is 3.53. The molecule has 2 aromatic carbocycles. The van der Waals surface area contributed by atoms with Gasteiger partial charge in [-0.3, -0.25) is 4.90 Å². The molecule has 0 amide bonds. The number of nitrogens with zero attached hydrogens (tertiary/aromatic N) is 4. The molecule has 5 heterocycles. The first kappa shape index (κ1) is 29.5. The third kappa shape index (κ3) is 5.17. The lowest BCUT2D eigenvalue weighted by atomic mass is 9.95. The second-order valence-electron chi connectivity index (χ2n) is 12.7. The van der Waals surface area contributed by atoms with Crippen molar-refractivity contribution >= 4 is 27.5 Å². The second-order valence-corrected chi connectivity index (χ2v) is 12.7. The topological polar surface area (TPSA) is 91.9 Å². The molecular weight excluding hydrogens is 578 g/mol. The van der Waals surface area contributed by atoms with Gasteiger partial charge < -0.3 is 19.2 Å². The zero-order valence-corrected chi connectivity index (χ0v) is 25.4. The number of benzene rings is 2. The Morgan fingerprint density at radius 3 is 2.67 bits per heavy atom. The Hall–Kier alpha value is -4.23. The van der Waals surface area contributed by atoms with Crippen LogP contribution in [0.2, 0.25) is 0 Å². The standard InChI is InChI=1S/C35H36F2N4O4/c1-3-25-27(37)11-10-22-16-24(42)17-26(28(22)25)31-21(2)30-29(33(43)45-31)32(40-13-7-5-4-6-8-14-40)39-34(38-30)44-20-35-12-9-15-41(35)19-23(36)18-35/h1,10-11,16-17,23,42H,4-9,12-15,18-20H2,2H3/t23-,35+/m1/s1. The van der Waals surface area contributed by atoms with E-state index in [1.807, 2.05) is 0 Å². The van der Waals surface area contributed by atoms with Gasteiger partial charge in [-0.2, -0.15) is 9.97 Å². The van der Waals surface area contributed by atoms with Crippen molar-refractivity contribution in [3.05, 3.63) is 51.6 Å². The van der Waals surface area contributed by atoms with Crippen LogP contribution in [0.1, 0.15) is 62.5 Å². The molecule has 3 saturated heterocycles. The molecule has 0 saturated carbocycles. The number of halogens is 2. The Bertz CT molecular complexity index is 1900. The van der Waals surface area contributed by atoms with Crippen LogP contribution in [-0.4, -0.2) is 64.5 Å². The van der Waals surface area contributed by atoms with Crippen LogP contribution >= 0.6 is 0 Å². The minimum Gasteiger partial charge on any atom is -0.508 e. The predicted octanol–water partition coefficient (Wildman–Crippen LogP) is 6.26. The Morgan fingerprint density at radius 2 is 1.89 bits per heavy atom. The molecule has 0 bridgehead atoms. The first-order valence-corrected chi connectivity index (χ1v) is 15.8. The second kappa shape index (κ2) is 11.6. The van der Waals surface area contributed by atoms with E-state index in [1.54, 1.807) is 6.92 Å². The zero-order valence-electron chi connectivity index (χ0n) is 25.4. The van der Waals surface area contributed by atoms with Crippen molar-refractivity contribution in [2.45, 2.75) is 70.0 Å². The summed E-state index contributed by atoms with van der Waals surface area (Å²) < 4.78 is 41.7. The number of phenolic OH excluding ortho intramolecular Hbond substituents is 1. The fourth-order valence-corrected chi connectivity index (χ4v) is 7.62. The van der Waals surface area contributed by atoms with Gasteiger partial charge in [-0.1, -0.05) is 31.2 Å². The molecule has 0 aliphatic carbocycles. The van der Waals surface area contributed by atoms with E-state index in [2.05, 4.69) is 15.7 Å². The summed E-state index contributed by atoms with van der Waals surface area (Å²) in [4.78, 5) is 27.7. The predicted molar refractivity (Wildman–Crippen MR) is 169 cm³/mol. The zero-order chi connectivity index (χ0) is 31.3. The Labute approximate surface area is 260 Å². The Morgan fingerprint density at radius 1 is 1.11 bits per heavy atom. The van der Waals surface area contributed by atoms with Gasteiger partial charge in [-0.25, -0.2) is 13.6 Å². The smallest absolute Gasteiger partial charge is 0.349 e. The highest BCUT2D eigenvalue weighted by Gasteiger charge is 2.49. The van der Waals surface area contributed by atoms with Crippen LogP contribution in [0.4, 0.5) is 14.6 Å². The number of fused-ring (bicyclic) bond motifs is 3. The largest absolute Gasteiger partial charge is 0.508 e. The normalized spacial score (nSPS) is 22.4. The van der Waals surface area contributed by atoms with Crippen molar-refractivity contribution in [1.29, 1.82) is 0 Å². The van der Waals surface area contributed by atoms with Crippen molar-refractivity contribution in [2.75, 3.05) is 37.7 Å². The van der Waals surface area contributed by atoms with Crippen LogP contribution in [0, 0.1) is 25.1 Å². The molecule has 0 spiro atoms. The maximum atomic E-state index is 14.9. The third-order valence-electron chi connectivity index (χ3n) is 9.79. The van der Waals surface area contributed by atoms with Crippen LogP contribution in [0.5, 0.6) is 11.8 Å². The van der Waals surface area contributed by atoms with Crippen LogP contribution < -0.4 is 15.3 Å². The van der Waals surface area contributed by atoms with Gasteiger partial charge in [0.1, 0.15) is 35.5 Å². The summed E-state index contributed by atoms with van der Waals surface area (Å²) in [6.07, 6.45) is 12.3. The molecule has 2 atom stereocenters. The van der Waals surface area contributed by atoms with Gasteiger partial charge in [-0.05, 0) is 62.7 Å². The molecule has 10 heteroatoms. The van der Waals surface area contributed by atoms with Gasteiger partial charge in [0, 0.05) is 42.6 Å². The molecule has 7 rings (SSSR count).